The number of nitrogens with zero attached hydrogens (tertiary/aromatic N) is 5. The Kier molecular flexibility index (Phi) is 7.76. The summed E-state index contributed by atoms with van der Waals surface area (Å²) in [7, 11) is 3.75. The molecular weight excluding hydrogens is 438 g/mol. The highest BCUT2D eigenvalue weighted by Crippen LogP contribution is 2.36. The number of imidazole rings is 1. The Morgan fingerprint density at radius 1 is 1.09 bits per heavy atom. The molecular formula is C28H31N5O2. The number of aliphatic hydroxyl groups excluding tert-OH is 1. The van der Waals surface area contributed by atoms with Crippen LogP contribution in [0.4, 0.5) is 0 Å². The molecule has 0 radical (unpaired) electrons. The normalized spacial score (nSPS) is 13.7. The van der Waals surface area contributed by atoms with Crippen molar-refractivity contribution < 1.29 is 9.84 Å². The topological polar surface area (TPSA) is 86.7 Å². The third-order valence-electron chi connectivity index (χ3n) is 6.26. The minimum atomic E-state index is -0.0912. The van der Waals surface area contributed by atoms with E-state index in [2.05, 4.69) is 23.0 Å². The summed E-state index contributed by atoms with van der Waals surface area (Å²) in [6.45, 7) is 4.54. The average molecular weight is 470 g/mol. The molecule has 0 amide bonds. The molecule has 4 aromatic rings. The Balaban J connectivity index is 0.000000356. The molecule has 7 heteroatoms. The first-order valence-electron chi connectivity index (χ1n) is 11.9. The number of fused-ring (bicyclic) bond motifs is 1. The second-order valence-corrected chi connectivity index (χ2v) is 8.81. The third-order valence-corrected chi connectivity index (χ3v) is 6.26. The smallest absolute Gasteiger partial charge is 0.258 e. The minimum Gasteiger partial charge on any atom is -0.478 e. The molecule has 1 fully saturated rings. The van der Waals surface area contributed by atoms with E-state index < -0.39 is 0 Å². The predicted molar refractivity (Wildman–Crippen MR) is 137 cm³/mol. The Hall–Kier alpha value is -3.73. The van der Waals surface area contributed by atoms with Crippen molar-refractivity contribution in [3.63, 3.8) is 0 Å². The monoisotopic (exact) mass is 469 g/mol. The molecule has 0 spiro atoms. The number of likely N-dealkylation sites (tertiary alicyclic amines) is 1. The van der Waals surface area contributed by atoms with Gasteiger partial charge in [0.05, 0.1) is 36.7 Å². The zero-order chi connectivity index (χ0) is 24.8. The lowest BCUT2D eigenvalue weighted by molar-refractivity contribution is 0.277. The quantitative estimate of drug-likeness (QED) is 0.460. The van der Waals surface area contributed by atoms with Crippen LogP contribution in [0.15, 0.2) is 54.9 Å². The molecule has 1 aliphatic rings. The molecule has 0 saturated carbocycles. The van der Waals surface area contributed by atoms with E-state index in [1.54, 1.807) is 25.4 Å². The average Bonchev–Trinajstić information content (AvgIpc) is 3.39. The molecule has 35 heavy (non-hydrogen) atoms. The van der Waals surface area contributed by atoms with Gasteiger partial charge in [0.15, 0.2) is 0 Å². The molecule has 1 saturated heterocycles. The number of rotatable bonds is 4. The number of methoxy groups -OCH3 is 1. The van der Waals surface area contributed by atoms with Crippen molar-refractivity contribution >= 4 is 5.65 Å². The van der Waals surface area contributed by atoms with Gasteiger partial charge in [-0.05, 0) is 57.6 Å². The minimum absolute atomic E-state index is 0.0912. The Morgan fingerprint density at radius 2 is 1.83 bits per heavy atom. The van der Waals surface area contributed by atoms with E-state index in [1.807, 2.05) is 47.9 Å². The summed E-state index contributed by atoms with van der Waals surface area (Å²) in [6, 6.07) is 15.3. The first kappa shape index (κ1) is 24.4. The third kappa shape index (κ3) is 5.35. The maximum absolute atomic E-state index is 9.95. The fourth-order valence-electron chi connectivity index (χ4n) is 4.40. The number of nitriles is 1. The SMILES string of the molecule is CN1CCCCC1.COc1nc(-c2ccc(C#N)cc2)c(-c2ccc(C)cc2CO)n2ccnc12. The van der Waals surface area contributed by atoms with Crippen molar-refractivity contribution in [3.8, 4) is 34.5 Å². The molecule has 5 rings (SSSR count). The fourth-order valence-corrected chi connectivity index (χ4v) is 4.40. The zero-order valence-electron chi connectivity index (χ0n) is 20.5. The number of ether oxygens (including phenoxy) is 1. The van der Waals surface area contributed by atoms with Gasteiger partial charge in [0.25, 0.3) is 5.88 Å². The van der Waals surface area contributed by atoms with Crippen LogP contribution in [0.1, 0.15) is 36.0 Å². The molecule has 2 aromatic heterocycles. The second kappa shape index (κ2) is 11.1. The van der Waals surface area contributed by atoms with Crippen molar-refractivity contribution in [2.45, 2.75) is 32.8 Å². The second-order valence-electron chi connectivity index (χ2n) is 8.81. The zero-order valence-corrected chi connectivity index (χ0v) is 20.5. The lowest BCUT2D eigenvalue weighted by Gasteiger charge is -2.20. The van der Waals surface area contributed by atoms with Crippen LogP contribution in [0.3, 0.4) is 0 Å². The number of aliphatic hydroxyl groups is 1. The summed E-state index contributed by atoms with van der Waals surface area (Å²) < 4.78 is 7.38. The summed E-state index contributed by atoms with van der Waals surface area (Å²) in [6.07, 6.45) is 7.82. The van der Waals surface area contributed by atoms with E-state index in [0.29, 0.717) is 22.8 Å². The largest absolute Gasteiger partial charge is 0.478 e. The lowest BCUT2D eigenvalue weighted by atomic mass is 9.97. The summed E-state index contributed by atoms with van der Waals surface area (Å²) in [4.78, 5) is 11.5. The van der Waals surface area contributed by atoms with Crippen molar-refractivity contribution in [1.29, 1.82) is 5.26 Å². The van der Waals surface area contributed by atoms with Crippen LogP contribution in [0.25, 0.3) is 28.2 Å². The van der Waals surface area contributed by atoms with Gasteiger partial charge in [0.2, 0.25) is 5.65 Å². The van der Waals surface area contributed by atoms with Gasteiger partial charge in [-0.15, -0.1) is 0 Å². The standard InChI is InChI=1S/C22H18N4O2.C6H13N/c1-14-3-8-18(17(11-14)13-27)20-19(16-6-4-15(12-23)5-7-16)25-22(28-2)21-24-9-10-26(20)21;1-7-5-3-2-4-6-7/h3-11,27H,13H2,1-2H3;2-6H2,1H3. The van der Waals surface area contributed by atoms with E-state index in [0.717, 1.165) is 27.9 Å². The maximum atomic E-state index is 9.95. The lowest BCUT2D eigenvalue weighted by Crippen LogP contribution is -2.24. The van der Waals surface area contributed by atoms with Crippen LogP contribution in [-0.2, 0) is 6.61 Å². The first-order chi connectivity index (χ1) is 17.0. The van der Waals surface area contributed by atoms with Gasteiger partial charge in [0, 0.05) is 23.5 Å². The van der Waals surface area contributed by atoms with E-state index in [1.165, 1.54) is 32.4 Å². The van der Waals surface area contributed by atoms with Gasteiger partial charge in [-0.2, -0.15) is 5.26 Å². The van der Waals surface area contributed by atoms with Gasteiger partial charge in [-0.1, -0.05) is 42.3 Å². The van der Waals surface area contributed by atoms with E-state index >= 15 is 0 Å². The molecule has 0 bridgehead atoms. The Labute approximate surface area is 206 Å². The number of hydrogen-bond donors (Lipinski definition) is 1. The van der Waals surface area contributed by atoms with Crippen molar-refractivity contribution in [3.05, 3.63) is 71.5 Å². The maximum Gasteiger partial charge on any atom is 0.258 e. The van der Waals surface area contributed by atoms with Crippen LogP contribution in [0.2, 0.25) is 0 Å². The molecule has 2 aromatic carbocycles. The molecule has 1 N–H and O–H groups in total. The molecule has 1 aliphatic heterocycles. The van der Waals surface area contributed by atoms with Crippen molar-refractivity contribution in [2.24, 2.45) is 0 Å². The summed E-state index contributed by atoms with van der Waals surface area (Å²) in [5, 5.41) is 19.0. The molecule has 0 unspecified atom stereocenters. The Morgan fingerprint density at radius 3 is 2.43 bits per heavy atom. The van der Waals surface area contributed by atoms with E-state index in [9.17, 15) is 5.11 Å². The van der Waals surface area contributed by atoms with E-state index in [4.69, 9.17) is 15.0 Å². The van der Waals surface area contributed by atoms with Crippen LogP contribution in [-0.4, -0.2) is 51.6 Å². The number of piperidine rings is 1. The Bertz CT molecular complexity index is 1330. The number of aryl methyl sites for hydroxylation is 1. The molecule has 0 aliphatic carbocycles. The van der Waals surface area contributed by atoms with Gasteiger partial charge in [-0.3, -0.25) is 4.40 Å². The molecule has 3 heterocycles. The van der Waals surface area contributed by atoms with Crippen LogP contribution < -0.4 is 4.74 Å². The number of hydrogen-bond acceptors (Lipinski definition) is 6. The predicted octanol–water partition coefficient (Wildman–Crippen LogP) is 4.85. The van der Waals surface area contributed by atoms with Gasteiger partial charge in [0.1, 0.15) is 0 Å². The summed E-state index contributed by atoms with van der Waals surface area (Å²) in [5.74, 6) is 0.408. The highest BCUT2D eigenvalue weighted by molar-refractivity contribution is 5.83. The van der Waals surface area contributed by atoms with Crippen molar-refractivity contribution in [2.75, 3.05) is 27.2 Å². The van der Waals surface area contributed by atoms with Crippen LogP contribution in [0.5, 0.6) is 5.88 Å². The number of benzene rings is 2. The molecule has 0 atom stereocenters. The van der Waals surface area contributed by atoms with Crippen LogP contribution in [0, 0.1) is 18.3 Å². The summed E-state index contributed by atoms with van der Waals surface area (Å²) in [5.41, 5.74) is 6.24. The summed E-state index contributed by atoms with van der Waals surface area (Å²) >= 11 is 0. The van der Waals surface area contributed by atoms with Gasteiger partial charge < -0.3 is 14.7 Å². The highest BCUT2D eigenvalue weighted by Gasteiger charge is 2.20. The number of aromatic nitrogens is 3. The highest BCUT2D eigenvalue weighted by atomic mass is 16.5. The fraction of sp³-hybridized carbons (Fsp3) is 0.321. The van der Waals surface area contributed by atoms with Crippen LogP contribution >= 0.6 is 0 Å². The van der Waals surface area contributed by atoms with Gasteiger partial charge >= 0.3 is 0 Å². The first-order valence-corrected chi connectivity index (χ1v) is 11.9. The van der Waals surface area contributed by atoms with Gasteiger partial charge in [-0.25, -0.2) is 9.97 Å². The van der Waals surface area contributed by atoms with Crippen molar-refractivity contribution in [1.82, 2.24) is 19.3 Å². The molecule has 7 nitrogen and oxygen atoms in total. The molecule has 180 valence electrons. The van der Waals surface area contributed by atoms with E-state index in [-0.39, 0.29) is 6.61 Å².